The third-order valence-electron chi connectivity index (χ3n) is 3.90. The molecule has 1 amide bonds. The standard InChI is InChI=1S/C14H19NO5/c1-8-9(2)20-10(3)11(8)12(16)15-14(13(17)18)4-6-19-7-5-14/h4-7H2,1-3H3,(H,15,16)(H,17,18). The summed E-state index contributed by atoms with van der Waals surface area (Å²) in [7, 11) is 0. The zero-order valence-electron chi connectivity index (χ0n) is 11.9. The van der Waals surface area contributed by atoms with Crippen molar-refractivity contribution in [3.8, 4) is 0 Å². The number of hydrogen-bond acceptors (Lipinski definition) is 4. The first-order valence-corrected chi connectivity index (χ1v) is 6.57. The van der Waals surface area contributed by atoms with Gasteiger partial charge in [0.15, 0.2) is 0 Å². The maximum Gasteiger partial charge on any atom is 0.329 e. The van der Waals surface area contributed by atoms with Gasteiger partial charge in [0.1, 0.15) is 17.1 Å². The molecule has 0 saturated carbocycles. The molecule has 6 nitrogen and oxygen atoms in total. The molecule has 0 spiro atoms. The smallest absolute Gasteiger partial charge is 0.329 e. The van der Waals surface area contributed by atoms with Crippen molar-refractivity contribution in [3.05, 3.63) is 22.6 Å². The largest absolute Gasteiger partial charge is 0.480 e. The Hall–Kier alpha value is -1.82. The van der Waals surface area contributed by atoms with Crippen molar-refractivity contribution in [1.29, 1.82) is 0 Å². The van der Waals surface area contributed by atoms with Gasteiger partial charge in [-0.05, 0) is 20.8 Å². The van der Waals surface area contributed by atoms with Gasteiger partial charge in [-0.1, -0.05) is 0 Å². The van der Waals surface area contributed by atoms with Gasteiger partial charge < -0.3 is 19.6 Å². The lowest BCUT2D eigenvalue weighted by atomic mass is 9.89. The maximum atomic E-state index is 12.4. The Labute approximate surface area is 117 Å². The quantitative estimate of drug-likeness (QED) is 0.878. The zero-order chi connectivity index (χ0) is 14.9. The van der Waals surface area contributed by atoms with Gasteiger partial charge in [0.05, 0.1) is 5.56 Å². The summed E-state index contributed by atoms with van der Waals surface area (Å²) in [4.78, 5) is 23.9. The molecule has 1 aromatic rings. The van der Waals surface area contributed by atoms with Crippen molar-refractivity contribution in [2.24, 2.45) is 0 Å². The van der Waals surface area contributed by atoms with Crippen LogP contribution in [0.5, 0.6) is 0 Å². The Morgan fingerprint density at radius 3 is 2.20 bits per heavy atom. The minimum Gasteiger partial charge on any atom is -0.480 e. The average molecular weight is 281 g/mol. The van der Waals surface area contributed by atoms with Crippen LogP contribution in [0, 0.1) is 20.8 Å². The number of ether oxygens (including phenoxy) is 1. The van der Waals surface area contributed by atoms with E-state index in [1.54, 1.807) is 20.8 Å². The molecule has 0 aliphatic carbocycles. The van der Waals surface area contributed by atoms with Gasteiger partial charge in [0.25, 0.3) is 5.91 Å². The Bertz CT molecular complexity index is 540. The van der Waals surface area contributed by atoms with E-state index < -0.39 is 17.4 Å². The molecule has 2 heterocycles. The lowest BCUT2D eigenvalue weighted by Gasteiger charge is -2.33. The second-order valence-electron chi connectivity index (χ2n) is 5.17. The van der Waals surface area contributed by atoms with Gasteiger partial charge in [0, 0.05) is 31.6 Å². The summed E-state index contributed by atoms with van der Waals surface area (Å²) in [6.45, 7) is 5.93. The Morgan fingerprint density at radius 1 is 1.15 bits per heavy atom. The number of aliphatic carboxylic acids is 1. The highest BCUT2D eigenvalue weighted by atomic mass is 16.5. The first kappa shape index (κ1) is 14.6. The third kappa shape index (κ3) is 2.43. The predicted molar refractivity (Wildman–Crippen MR) is 70.8 cm³/mol. The van der Waals surface area contributed by atoms with Crippen LogP contribution in [0.15, 0.2) is 4.42 Å². The van der Waals surface area contributed by atoms with E-state index in [4.69, 9.17) is 9.15 Å². The summed E-state index contributed by atoms with van der Waals surface area (Å²) >= 11 is 0. The van der Waals surface area contributed by atoms with Crippen molar-refractivity contribution in [1.82, 2.24) is 5.32 Å². The summed E-state index contributed by atoms with van der Waals surface area (Å²) < 4.78 is 10.6. The monoisotopic (exact) mass is 281 g/mol. The highest BCUT2D eigenvalue weighted by Crippen LogP contribution is 2.25. The molecule has 20 heavy (non-hydrogen) atoms. The molecule has 0 aromatic carbocycles. The van der Waals surface area contributed by atoms with Crippen LogP contribution in [0.2, 0.25) is 0 Å². The van der Waals surface area contributed by atoms with Crippen molar-refractivity contribution in [2.75, 3.05) is 13.2 Å². The number of carbonyl (C=O) groups excluding carboxylic acids is 1. The van der Waals surface area contributed by atoms with Crippen LogP contribution < -0.4 is 5.32 Å². The molecule has 0 unspecified atom stereocenters. The number of furan rings is 1. The van der Waals surface area contributed by atoms with Gasteiger partial charge >= 0.3 is 5.97 Å². The number of hydrogen-bond donors (Lipinski definition) is 2. The molecular formula is C14H19NO5. The first-order chi connectivity index (χ1) is 9.37. The highest BCUT2D eigenvalue weighted by Gasteiger charge is 2.42. The Balaban J connectivity index is 2.27. The molecule has 1 aromatic heterocycles. The fraction of sp³-hybridized carbons (Fsp3) is 0.571. The number of rotatable bonds is 3. The summed E-state index contributed by atoms with van der Waals surface area (Å²) in [6, 6.07) is 0. The van der Waals surface area contributed by atoms with E-state index >= 15 is 0 Å². The SMILES string of the molecule is Cc1oc(C)c(C(=O)NC2(C(=O)O)CCOCC2)c1C. The Kier molecular flexibility index (Phi) is 3.85. The summed E-state index contributed by atoms with van der Waals surface area (Å²) in [5.41, 5.74) is -0.0819. The molecule has 0 bridgehead atoms. The number of carbonyl (C=O) groups is 2. The van der Waals surface area contributed by atoms with Crippen molar-refractivity contribution < 1.29 is 23.8 Å². The van der Waals surface area contributed by atoms with Crippen LogP contribution in [-0.4, -0.2) is 35.7 Å². The number of carboxylic acid groups (broad SMARTS) is 1. The summed E-state index contributed by atoms with van der Waals surface area (Å²) in [6.07, 6.45) is 0.534. The number of carboxylic acids is 1. The van der Waals surface area contributed by atoms with Crippen LogP contribution in [0.1, 0.15) is 40.3 Å². The van der Waals surface area contributed by atoms with Crippen molar-refractivity contribution in [2.45, 2.75) is 39.2 Å². The molecule has 6 heteroatoms. The Morgan fingerprint density at radius 2 is 1.75 bits per heavy atom. The number of amides is 1. The van der Waals surface area contributed by atoms with Gasteiger partial charge in [-0.15, -0.1) is 0 Å². The average Bonchev–Trinajstić information content (AvgIpc) is 2.64. The van der Waals surface area contributed by atoms with E-state index in [1.807, 2.05) is 0 Å². The highest BCUT2D eigenvalue weighted by molar-refractivity contribution is 6.00. The van der Waals surface area contributed by atoms with E-state index in [-0.39, 0.29) is 12.8 Å². The molecule has 1 saturated heterocycles. The van der Waals surface area contributed by atoms with Gasteiger partial charge in [0.2, 0.25) is 0 Å². The lowest BCUT2D eigenvalue weighted by molar-refractivity contribution is -0.148. The van der Waals surface area contributed by atoms with Crippen molar-refractivity contribution >= 4 is 11.9 Å². The molecule has 0 radical (unpaired) electrons. The minimum absolute atomic E-state index is 0.267. The lowest BCUT2D eigenvalue weighted by Crippen LogP contribution is -2.57. The molecule has 0 atom stereocenters. The fourth-order valence-corrected chi connectivity index (χ4v) is 2.52. The summed E-state index contributed by atoms with van der Waals surface area (Å²) in [5.74, 6) is -0.250. The van der Waals surface area contributed by atoms with E-state index in [0.717, 1.165) is 5.56 Å². The number of aryl methyl sites for hydroxylation is 2. The second-order valence-corrected chi connectivity index (χ2v) is 5.17. The first-order valence-electron chi connectivity index (χ1n) is 6.57. The molecule has 2 N–H and O–H groups in total. The van der Waals surface area contributed by atoms with E-state index in [1.165, 1.54) is 0 Å². The van der Waals surface area contributed by atoms with Gasteiger partial charge in [-0.2, -0.15) is 0 Å². The maximum absolute atomic E-state index is 12.4. The molecular weight excluding hydrogens is 262 g/mol. The third-order valence-corrected chi connectivity index (χ3v) is 3.90. The second kappa shape index (κ2) is 5.28. The van der Waals surface area contributed by atoms with E-state index in [0.29, 0.717) is 30.3 Å². The van der Waals surface area contributed by atoms with Gasteiger partial charge in [-0.3, -0.25) is 4.79 Å². The molecule has 1 aliphatic rings. The minimum atomic E-state index is -1.25. The van der Waals surface area contributed by atoms with Crippen molar-refractivity contribution in [3.63, 3.8) is 0 Å². The van der Waals surface area contributed by atoms with Crippen LogP contribution in [-0.2, 0) is 9.53 Å². The zero-order valence-corrected chi connectivity index (χ0v) is 11.9. The van der Waals surface area contributed by atoms with E-state index in [2.05, 4.69) is 5.32 Å². The van der Waals surface area contributed by atoms with Crippen LogP contribution >= 0.6 is 0 Å². The predicted octanol–water partition coefficient (Wildman–Crippen LogP) is 1.57. The molecule has 2 rings (SSSR count). The normalized spacial score (nSPS) is 17.8. The number of nitrogens with one attached hydrogen (secondary N) is 1. The van der Waals surface area contributed by atoms with Gasteiger partial charge in [-0.25, -0.2) is 4.79 Å². The molecule has 1 fully saturated rings. The topological polar surface area (TPSA) is 88.8 Å². The van der Waals surface area contributed by atoms with Crippen LogP contribution in [0.4, 0.5) is 0 Å². The molecule has 1 aliphatic heterocycles. The molecule has 110 valence electrons. The summed E-state index contributed by atoms with van der Waals surface area (Å²) in [5, 5.41) is 12.1. The van der Waals surface area contributed by atoms with Crippen LogP contribution in [0.3, 0.4) is 0 Å². The van der Waals surface area contributed by atoms with E-state index in [9.17, 15) is 14.7 Å². The van der Waals surface area contributed by atoms with Crippen LogP contribution in [0.25, 0.3) is 0 Å². The fourth-order valence-electron chi connectivity index (χ4n) is 2.52.